The second-order valence-electron chi connectivity index (χ2n) is 5.70. The normalized spacial score (nSPS) is 23.4. The Kier molecular flexibility index (Phi) is 4.75. The van der Waals surface area contributed by atoms with Gasteiger partial charge in [0.1, 0.15) is 0 Å². The molecule has 0 spiro atoms. The molecule has 5 nitrogen and oxygen atoms in total. The maximum atomic E-state index is 11.2. The standard InChI is InChI=1S/C15H22N2O3/c1-16(2)9-12-7-13(18)10-17(12)8-11-5-3-4-6-14(11)15(19)20/h3-6,12-13,18H,7-10H2,1-2H3,(H,19,20). The predicted molar refractivity (Wildman–Crippen MR) is 76.8 cm³/mol. The van der Waals surface area contributed by atoms with Gasteiger partial charge in [-0.2, -0.15) is 0 Å². The minimum atomic E-state index is -0.899. The van der Waals surface area contributed by atoms with Crippen molar-refractivity contribution in [3.05, 3.63) is 35.4 Å². The number of benzene rings is 1. The van der Waals surface area contributed by atoms with Crippen LogP contribution >= 0.6 is 0 Å². The molecule has 0 radical (unpaired) electrons. The number of hydrogen-bond donors (Lipinski definition) is 2. The first-order chi connectivity index (χ1) is 9.47. The summed E-state index contributed by atoms with van der Waals surface area (Å²) in [5.74, 6) is -0.899. The van der Waals surface area contributed by atoms with Gasteiger partial charge in [-0.05, 0) is 32.1 Å². The van der Waals surface area contributed by atoms with Crippen molar-refractivity contribution in [1.29, 1.82) is 0 Å². The summed E-state index contributed by atoms with van der Waals surface area (Å²) in [6.07, 6.45) is 0.421. The summed E-state index contributed by atoms with van der Waals surface area (Å²) in [5.41, 5.74) is 1.15. The second-order valence-corrected chi connectivity index (χ2v) is 5.70. The first-order valence-electron chi connectivity index (χ1n) is 6.85. The number of hydrogen-bond acceptors (Lipinski definition) is 4. The van der Waals surface area contributed by atoms with E-state index < -0.39 is 5.97 Å². The highest BCUT2D eigenvalue weighted by Gasteiger charge is 2.31. The highest BCUT2D eigenvalue weighted by molar-refractivity contribution is 5.89. The summed E-state index contributed by atoms with van der Waals surface area (Å²) in [6, 6.07) is 7.34. The lowest BCUT2D eigenvalue weighted by molar-refractivity contribution is 0.0694. The zero-order chi connectivity index (χ0) is 14.7. The van der Waals surface area contributed by atoms with Crippen LogP contribution in [0.2, 0.25) is 0 Å². The number of carboxylic acid groups (broad SMARTS) is 1. The number of rotatable bonds is 5. The average molecular weight is 278 g/mol. The van der Waals surface area contributed by atoms with E-state index in [-0.39, 0.29) is 12.1 Å². The van der Waals surface area contributed by atoms with E-state index in [0.717, 1.165) is 18.5 Å². The highest BCUT2D eigenvalue weighted by Crippen LogP contribution is 2.22. The van der Waals surface area contributed by atoms with Crippen molar-refractivity contribution in [1.82, 2.24) is 9.80 Å². The van der Waals surface area contributed by atoms with E-state index in [1.807, 2.05) is 26.2 Å². The second kappa shape index (κ2) is 6.35. The molecule has 2 unspecified atom stereocenters. The Bertz CT molecular complexity index is 476. The monoisotopic (exact) mass is 278 g/mol. The van der Waals surface area contributed by atoms with Crippen molar-refractivity contribution >= 4 is 5.97 Å². The number of carbonyl (C=O) groups is 1. The van der Waals surface area contributed by atoms with E-state index in [9.17, 15) is 15.0 Å². The molecule has 2 rings (SSSR count). The molecule has 1 aliphatic rings. The van der Waals surface area contributed by atoms with Gasteiger partial charge >= 0.3 is 5.97 Å². The first kappa shape index (κ1) is 15.0. The largest absolute Gasteiger partial charge is 0.478 e. The predicted octanol–water partition coefficient (Wildman–Crippen LogP) is 0.882. The van der Waals surface area contributed by atoms with Gasteiger partial charge in [0.15, 0.2) is 0 Å². The highest BCUT2D eigenvalue weighted by atomic mass is 16.4. The number of likely N-dealkylation sites (N-methyl/N-ethyl adjacent to an activating group) is 1. The Morgan fingerprint density at radius 1 is 1.40 bits per heavy atom. The molecule has 5 heteroatoms. The van der Waals surface area contributed by atoms with E-state index in [4.69, 9.17) is 0 Å². The first-order valence-corrected chi connectivity index (χ1v) is 6.85. The van der Waals surface area contributed by atoms with Crippen molar-refractivity contribution in [2.45, 2.75) is 25.1 Å². The molecule has 0 aromatic heterocycles. The SMILES string of the molecule is CN(C)CC1CC(O)CN1Cc1ccccc1C(=O)O. The van der Waals surface area contributed by atoms with Gasteiger partial charge in [-0.15, -0.1) is 0 Å². The molecule has 1 aromatic carbocycles. The summed E-state index contributed by atoms with van der Waals surface area (Å²) in [4.78, 5) is 15.5. The van der Waals surface area contributed by atoms with Crippen molar-refractivity contribution in [3.63, 3.8) is 0 Å². The zero-order valence-electron chi connectivity index (χ0n) is 12.0. The van der Waals surface area contributed by atoms with E-state index in [1.54, 1.807) is 12.1 Å². The van der Waals surface area contributed by atoms with Gasteiger partial charge in [0.2, 0.25) is 0 Å². The topological polar surface area (TPSA) is 64.0 Å². The number of aliphatic hydroxyl groups is 1. The maximum absolute atomic E-state index is 11.2. The van der Waals surface area contributed by atoms with E-state index in [2.05, 4.69) is 9.80 Å². The number of aromatic carboxylic acids is 1. The van der Waals surface area contributed by atoms with Crippen molar-refractivity contribution in [2.24, 2.45) is 0 Å². The van der Waals surface area contributed by atoms with Crippen molar-refractivity contribution < 1.29 is 15.0 Å². The molecular formula is C15H22N2O3. The number of carboxylic acids is 1. The van der Waals surface area contributed by atoms with E-state index in [1.165, 1.54) is 0 Å². The van der Waals surface area contributed by atoms with Crippen LogP contribution in [0.25, 0.3) is 0 Å². The number of nitrogens with zero attached hydrogens (tertiary/aromatic N) is 2. The van der Waals surface area contributed by atoms with Crippen LogP contribution in [0.15, 0.2) is 24.3 Å². The van der Waals surface area contributed by atoms with Crippen molar-refractivity contribution in [3.8, 4) is 0 Å². The minimum Gasteiger partial charge on any atom is -0.478 e. The fraction of sp³-hybridized carbons (Fsp3) is 0.533. The molecule has 0 bridgehead atoms. The van der Waals surface area contributed by atoms with Crippen LogP contribution in [-0.4, -0.2) is 65.3 Å². The molecular weight excluding hydrogens is 256 g/mol. The molecule has 2 atom stereocenters. The van der Waals surface area contributed by atoms with Crippen LogP contribution in [0.1, 0.15) is 22.3 Å². The fourth-order valence-electron chi connectivity index (χ4n) is 2.85. The molecule has 0 saturated carbocycles. The van der Waals surface area contributed by atoms with Gasteiger partial charge in [0, 0.05) is 25.7 Å². The molecule has 110 valence electrons. The van der Waals surface area contributed by atoms with Crippen LogP contribution in [-0.2, 0) is 6.54 Å². The zero-order valence-corrected chi connectivity index (χ0v) is 12.0. The summed E-state index contributed by atoms with van der Waals surface area (Å²) < 4.78 is 0. The third-order valence-corrected chi connectivity index (χ3v) is 3.70. The summed E-state index contributed by atoms with van der Waals surface area (Å²) >= 11 is 0. The molecule has 1 saturated heterocycles. The van der Waals surface area contributed by atoms with Crippen LogP contribution in [0.3, 0.4) is 0 Å². The van der Waals surface area contributed by atoms with Gasteiger partial charge in [0.05, 0.1) is 11.7 Å². The Labute approximate surface area is 119 Å². The Morgan fingerprint density at radius 3 is 2.75 bits per heavy atom. The molecule has 0 amide bonds. The average Bonchev–Trinajstić information content (AvgIpc) is 2.69. The third kappa shape index (κ3) is 3.56. The molecule has 1 aromatic rings. The Balaban J connectivity index is 2.14. The molecule has 1 fully saturated rings. The van der Waals surface area contributed by atoms with Crippen LogP contribution in [0, 0.1) is 0 Å². The van der Waals surface area contributed by atoms with E-state index >= 15 is 0 Å². The fourth-order valence-corrected chi connectivity index (χ4v) is 2.85. The lowest BCUT2D eigenvalue weighted by Crippen LogP contribution is -2.37. The van der Waals surface area contributed by atoms with Gasteiger partial charge in [-0.25, -0.2) is 4.79 Å². The molecule has 1 aliphatic heterocycles. The van der Waals surface area contributed by atoms with Gasteiger partial charge < -0.3 is 15.1 Å². The Morgan fingerprint density at radius 2 is 2.10 bits per heavy atom. The van der Waals surface area contributed by atoms with Gasteiger partial charge in [0.25, 0.3) is 0 Å². The summed E-state index contributed by atoms with van der Waals surface area (Å²) in [5, 5.41) is 19.1. The van der Waals surface area contributed by atoms with Crippen LogP contribution in [0.4, 0.5) is 0 Å². The number of aliphatic hydroxyl groups excluding tert-OH is 1. The number of likely N-dealkylation sites (tertiary alicyclic amines) is 1. The minimum absolute atomic E-state index is 0.266. The van der Waals surface area contributed by atoms with Gasteiger partial charge in [-0.1, -0.05) is 18.2 Å². The Hall–Kier alpha value is -1.43. The van der Waals surface area contributed by atoms with Crippen molar-refractivity contribution in [2.75, 3.05) is 27.2 Å². The molecule has 1 heterocycles. The maximum Gasteiger partial charge on any atom is 0.336 e. The lowest BCUT2D eigenvalue weighted by atomic mass is 10.1. The van der Waals surface area contributed by atoms with Crippen LogP contribution < -0.4 is 0 Å². The molecule has 2 N–H and O–H groups in total. The lowest BCUT2D eigenvalue weighted by Gasteiger charge is -2.27. The van der Waals surface area contributed by atoms with Gasteiger partial charge in [-0.3, -0.25) is 4.90 Å². The summed E-state index contributed by atoms with van der Waals surface area (Å²) in [6.45, 7) is 2.04. The smallest absolute Gasteiger partial charge is 0.336 e. The quantitative estimate of drug-likeness (QED) is 0.837. The van der Waals surface area contributed by atoms with Crippen LogP contribution in [0.5, 0.6) is 0 Å². The third-order valence-electron chi connectivity index (χ3n) is 3.70. The summed E-state index contributed by atoms with van der Waals surface area (Å²) in [7, 11) is 4.02. The number of β-amino-alcohol motifs (C(OH)–C–C–N with tert-alkyl or cyclic N) is 1. The molecule has 0 aliphatic carbocycles. The molecule has 20 heavy (non-hydrogen) atoms. The van der Waals surface area contributed by atoms with E-state index in [0.29, 0.717) is 18.7 Å².